The van der Waals surface area contributed by atoms with Crippen molar-refractivity contribution >= 4 is 0 Å². The molecule has 0 aromatic heterocycles. The van der Waals surface area contributed by atoms with Gasteiger partial charge in [0.2, 0.25) is 12.5 Å². The van der Waals surface area contributed by atoms with Crippen molar-refractivity contribution in [2.75, 3.05) is 13.9 Å². The van der Waals surface area contributed by atoms with Crippen LogP contribution in [0.5, 0.6) is 17.2 Å². The lowest BCUT2D eigenvalue weighted by atomic mass is 10.1. The van der Waals surface area contributed by atoms with Gasteiger partial charge in [0.05, 0.1) is 7.11 Å². The molecule has 1 aliphatic rings. The summed E-state index contributed by atoms with van der Waals surface area (Å²) in [6.07, 6.45) is 0. The van der Waals surface area contributed by atoms with E-state index < -0.39 is 0 Å². The van der Waals surface area contributed by atoms with Gasteiger partial charge < -0.3 is 19.5 Å². The van der Waals surface area contributed by atoms with Gasteiger partial charge in [0.15, 0.2) is 11.5 Å². The van der Waals surface area contributed by atoms with Crippen molar-refractivity contribution in [2.45, 2.75) is 13.1 Å². The Morgan fingerprint density at radius 2 is 2.00 bits per heavy atom. The number of fused-ring (bicyclic) bond motifs is 1. The molecule has 0 amide bonds. The van der Waals surface area contributed by atoms with Gasteiger partial charge in [-0.1, -0.05) is 12.1 Å². The summed E-state index contributed by atoms with van der Waals surface area (Å²) >= 11 is 0. The largest absolute Gasteiger partial charge is 0.493 e. The van der Waals surface area contributed by atoms with Crippen LogP contribution in [-0.4, -0.2) is 13.9 Å². The van der Waals surface area contributed by atoms with E-state index in [2.05, 4.69) is 5.32 Å². The fourth-order valence-electron chi connectivity index (χ4n) is 2.28. The van der Waals surface area contributed by atoms with Crippen LogP contribution >= 0.6 is 0 Å². The number of rotatable bonds is 5. The van der Waals surface area contributed by atoms with E-state index in [1.807, 2.05) is 18.2 Å². The van der Waals surface area contributed by atoms with Gasteiger partial charge in [0.25, 0.3) is 0 Å². The third-order valence-electron chi connectivity index (χ3n) is 3.27. The average Bonchev–Trinajstić information content (AvgIpc) is 2.95. The first-order valence-electron chi connectivity index (χ1n) is 6.68. The number of methoxy groups -OCH3 is 1. The van der Waals surface area contributed by atoms with Crippen LogP contribution in [0.4, 0.5) is 4.39 Å². The predicted octanol–water partition coefficient (Wildman–Crippen LogP) is 2.85. The van der Waals surface area contributed by atoms with Crippen LogP contribution in [0.2, 0.25) is 0 Å². The van der Waals surface area contributed by atoms with Crippen LogP contribution in [0.15, 0.2) is 36.4 Å². The first kappa shape index (κ1) is 13.7. The van der Waals surface area contributed by atoms with Crippen LogP contribution in [0.25, 0.3) is 0 Å². The van der Waals surface area contributed by atoms with Gasteiger partial charge >= 0.3 is 0 Å². The number of hydrogen-bond acceptors (Lipinski definition) is 4. The Balaban J connectivity index is 1.66. The molecule has 0 spiro atoms. The molecule has 2 aromatic rings. The number of hydrogen-bond donors (Lipinski definition) is 1. The molecule has 0 aliphatic carbocycles. The molecule has 2 aromatic carbocycles. The second-order valence-corrected chi connectivity index (χ2v) is 4.77. The Bertz CT molecular complexity index is 645. The van der Waals surface area contributed by atoms with Crippen LogP contribution in [-0.2, 0) is 13.1 Å². The van der Waals surface area contributed by atoms with E-state index in [0.717, 1.165) is 11.1 Å². The van der Waals surface area contributed by atoms with Crippen molar-refractivity contribution in [1.82, 2.24) is 5.32 Å². The third kappa shape index (κ3) is 3.08. The number of nitrogens with one attached hydrogen (secondary N) is 1. The summed E-state index contributed by atoms with van der Waals surface area (Å²) in [4.78, 5) is 0. The summed E-state index contributed by atoms with van der Waals surface area (Å²) in [5.41, 5.74) is 1.93. The molecule has 0 atom stereocenters. The van der Waals surface area contributed by atoms with E-state index in [9.17, 15) is 4.39 Å². The van der Waals surface area contributed by atoms with Gasteiger partial charge in [-0.2, -0.15) is 0 Å². The topological polar surface area (TPSA) is 39.7 Å². The quantitative estimate of drug-likeness (QED) is 0.919. The van der Waals surface area contributed by atoms with Crippen LogP contribution in [0, 0.1) is 5.82 Å². The first-order valence-corrected chi connectivity index (χ1v) is 6.68. The zero-order chi connectivity index (χ0) is 14.7. The van der Waals surface area contributed by atoms with E-state index >= 15 is 0 Å². The molecular formula is C16H16FNO3. The monoisotopic (exact) mass is 289 g/mol. The highest BCUT2D eigenvalue weighted by Crippen LogP contribution is 2.41. The molecule has 0 saturated heterocycles. The Labute approximate surface area is 122 Å². The predicted molar refractivity (Wildman–Crippen MR) is 76.1 cm³/mol. The third-order valence-corrected chi connectivity index (χ3v) is 3.27. The van der Waals surface area contributed by atoms with Crippen molar-refractivity contribution in [2.24, 2.45) is 0 Å². The van der Waals surface area contributed by atoms with Crippen molar-refractivity contribution in [1.29, 1.82) is 0 Å². The lowest BCUT2D eigenvalue weighted by Gasteiger charge is -2.09. The molecule has 0 saturated carbocycles. The standard InChI is InChI=1S/C16H16FNO3/c1-19-14-6-12(7-15-16(14)21-10-20-15)9-18-8-11-3-2-4-13(17)5-11/h2-7,18H,8-10H2,1H3. The van der Waals surface area contributed by atoms with Gasteiger partial charge in [0.1, 0.15) is 5.82 Å². The summed E-state index contributed by atoms with van der Waals surface area (Å²) in [5, 5.41) is 3.27. The smallest absolute Gasteiger partial charge is 0.231 e. The molecule has 1 aliphatic heterocycles. The maximum absolute atomic E-state index is 13.1. The Kier molecular flexibility index (Phi) is 3.92. The summed E-state index contributed by atoms with van der Waals surface area (Å²) in [5.74, 6) is 1.77. The first-order chi connectivity index (χ1) is 10.3. The normalized spacial score (nSPS) is 12.5. The van der Waals surface area contributed by atoms with Crippen LogP contribution in [0.3, 0.4) is 0 Å². The van der Waals surface area contributed by atoms with Gasteiger partial charge in [0, 0.05) is 13.1 Å². The maximum atomic E-state index is 13.1. The Hall–Kier alpha value is -2.27. The minimum absolute atomic E-state index is 0.214. The van der Waals surface area contributed by atoms with Gasteiger partial charge in [-0.25, -0.2) is 4.39 Å². The molecule has 5 heteroatoms. The fourth-order valence-corrected chi connectivity index (χ4v) is 2.28. The molecule has 0 radical (unpaired) electrons. The number of halogens is 1. The van der Waals surface area contributed by atoms with Crippen molar-refractivity contribution < 1.29 is 18.6 Å². The minimum Gasteiger partial charge on any atom is -0.493 e. The van der Waals surface area contributed by atoms with Gasteiger partial charge in [-0.05, 0) is 35.4 Å². The summed E-state index contributed by atoms with van der Waals surface area (Å²) < 4.78 is 29.1. The molecule has 1 heterocycles. The summed E-state index contributed by atoms with van der Waals surface area (Å²) in [6.45, 7) is 1.43. The highest BCUT2D eigenvalue weighted by atomic mass is 19.1. The molecule has 3 rings (SSSR count). The highest BCUT2D eigenvalue weighted by molar-refractivity contribution is 5.55. The molecular weight excluding hydrogens is 273 g/mol. The van der Waals surface area contributed by atoms with Gasteiger partial charge in [-0.15, -0.1) is 0 Å². The number of ether oxygens (including phenoxy) is 3. The number of benzene rings is 2. The lowest BCUT2D eigenvalue weighted by Crippen LogP contribution is -2.12. The average molecular weight is 289 g/mol. The highest BCUT2D eigenvalue weighted by Gasteiger charge is 2.19. The second kappa shape index (κ2) is 6.01. The molecule has 0 unspecified atom stereocenters. The zero-order valence-electron chi connectivity index (χ0n) is 11.7. The summed E-state index contributed by atoms with van der Waals surface area (Å²) in [6, 6.07) is 10.4. The molecule has 1 N–H and O–H groups in total. The lowest BCUT2D eigenvalue weighted by molar-refractivity contribution is 0.171. The van der Waals surface area contributed by atoms with Crippen molar-refractivity contribution in [3.63, 3.8) is 0 Å². The van der Waals surface area contributed by atoms with Crippen molar-refractivity contribution in [3.05, 3.63) is 53.3 Å². The molecule has 0 fully saturated rings. The van der Waals surface area contributed by atoms with Gasteiger partial charge in [-0.3, -0.25) is 0 Å². The van der Waals surface area contributed by atoms with Crippen LogP contribution < -0.4 is 19.5 Å². The molecule has 0 bridgehead atoms. The van der Waals surface area contributed by atoms with Crippen LogP contribution in [0.1, 0.15) is 11.1 Å². The van der Waals surface area contributed by atoms with E-state index in [1.165, 1.54) is 12.1 Å². The maximum Gasteiger partial charge on any atom is 0.231 e. The molecule has 4 nitrogen and oxygen atoms in total. The molecule has 21 heavy (non-hydrogen) atoms. The van der Waals surface area contributed by atoms with Crippen molar-refractivity contribution in [3.8, 4) is 17.2 Å². The Morgan fingerprint density at radius 1 is 1.14 bits per heavy atom. The van der Waals surface area contributed by atoms with E-state index in [4.69, 9.17) is 14.2 Å². The van der Waals surface area contributed by atoms with E-state index in [0.29, 0.717) is 30.3 Å². The molecule has 110 valence electrons. The second-order valence-electron chi connectivity index (χ2n) is 4.77. The fraction of sp³-hybridized carbons (Fsp3) is 0.250. The van der Waals surface area contributed by atoms with E-state index in [-0.39, 0.29) is 12.6 Å². The summed E-state index contributed by atoms with van der Waals surface area (Å²) in [7, 11) is 1.60. The Morgan fingerprint density at radius 3 is 2.81 bits per heavy atom. The zero-order valence-corrected chi connectivity index (χ0v) is 11.7. The van der Waals surface area contributed by atoms with E-state index in [1.54, 1.807) is 13.2 Å². The SMILES string of the molecule is COc1cc(CNCc2cccc(F)c2)cc2c1OCO2. The minimum atomic E-state index is -0.223.